The van der Waals surface area contributed by atoms with Gasteiger partial charge in [0.15, 0.2) is 0 Å². The number of hydrogen-bond acceptors (Lipinski definition) is 4. The van der Waals surface area contributed by atoms with Gasteiger partial charge in [0.1, 0.15) is 5.82 Å². The van der Waals surface area contributed by atoms with E-state index in [1.54, 1.807) is 7.11 Å². The zero-order chi connectivity index (χ0) is 12.5. The molecule has 0 amide bonds. The normalized spacial score (nSPS) is 19.7. The Balaban J connectivity index is 2.06. The molecule has 2 heterocycles. The number of aromatic nitrogens is 2. The van der Waals surface area contributed by atoms with E-state index >= 15 is 0 Å². The third-order valence-electron chi connectivity index (χ3n) is 3.33. The van der Waals surface area contributed by atoms with Gasteiger partial charge in [-0.2, -0.15) is 4.98 Å². The molecule has 1 aromatic carbocycles. The van der Waals surface area contributed by atoms with Gasteiger partial charge in [-0.1, -0.05) is 12.1 Å². The Morgan fingerprint density at radius 2 is 2.17 bits per heavy atom. The van der Waals surface area contributed by atoms with Crippen LogP contribution in [0, 0.1) is 0 Å². The van der Waals surface area contributed by atoms with Crippen LogP contribution in [0.25, 0.3) is 10.9 Å². The number of methoxy groups -OCH3 is 1. The molecule has 94 valence electrons. The Labute approximate surface area is 111 Å². The Hall–Kier alpha value is -1.39. The second kappa shape index (κ2) is 4.71. The maximum atomic E-state index is 5.99. The van der Waals surface area contributed by atoms with Crippen molar-refractivity contribution in [3.8, 4) is 0 Å². The van der Waals surface area contributed by atoms with Crippen LogP contribution in [0.15, 0.2) is 24.3 Å². The number of anilines is 1. The van der Waals surface area contributed by atoms with Crippen LogP contribution in [0.5, 0.6) is 0 Å². The largest absolute Gasteiger partial charge is 0.380 e. The van der Waals surface area contributed by atoms with E-state index in [0.29, 0.717) is 5.28 Å². The summed E-state index contributed by atoms with van der Waals surface area (Å²) in [6.07, 6.45) is 1.30. The molecule has 4 nitrogen and oxygen atoms in total. The first-order valence-corrected chi connectivity index (χ1v) is 6.36. The van der Waals surface area contributed by atoms with Crippen molar-refractivity contribution in [2.45, 2.75) is 12.5 Å². The molecule has 2 aromatic rings. The molecule has 1 fully saturated rings. The zero-order valence-electron chi connectivity index (χ0n) is 10.1. The molecule has 3 rings (SSSR count). The van der Waals surface area contributed by atoms with Crippen molar-refractivity contribution in [3.05, 3.63) is 29.5 Å². The van der Waals surface area contributed by atoms with E-state index in [9.17, 15) is 0 Å². The summed E-state index contributed by atoms with van der Waals surface area (Å²) in [4.78, 5) is 10.8. The Kier molecular flexibility index (Phi) is 3.06. The lowest BCUT2D eigenvalue weighted by Gasteiger charge is -2.19. The van der Waals surface area contributed by atoms with E-state index in [0.717, 1.165) is 36.2 Å². The SMILES string of the molecule is COC1CCN(c2nc(Cl)nc3ccccc23)C1. The predicted octanol–water partition coefficient (Wildman–Crippen LogP) is 2.51. The van der Waals surface area contributed by atoms with Crippen LogP contribution in [0.4, 0.5) is 5.82 Å². The molecule has 0 radical (unpaired) electrons. The summed E-state index contributed by atoms with van der Waals surface area (Å²) in [7, 11) is 1.75. The molecule has 1 saturated heterocycles. The molecule has 0 bridgehead atoms. The fraction of sp³-hybridized carbons (Fsp3) is 0.385. The van der Waals surface area contributed by atoms with E-state index < -0.39 is 0 Å². The first kappa shape index (κ1) is 11.7. The van der Waals surface area contributed by atoms with Crippen molar-refractivity contribution in [3.63, 3.8) is 0 Å². The topological polar surface area (TPSA) is 38.2 Å². The van der Waals surface area contributed by atoms with Gasteiger partial charge in [-0.05, 0) is 30.2 Å². The number of para-hydroxylation sites is 1. The van der Waals surface area contributed by atoms with Crippen LogP contribution in [-0.2, 0) is 4.74 Å². The highest BCUT2D eigenvalue weighted by atomic mass is 35.5. The van der Waals surface area contributed by atoms with Crippen molar-refractivity contribution < 1.29 is 4.74 Å². The number of nitrogens with zero attached hydrogens (tertiary/aromatic N) is 3. The highest BCUT2D eigenvalue weighted by Gasteiger charge is 2.24. The molecule has 1 atom stereocenters. The minimum absolute atomic E-state index is 0.275. The smallest absolute Gasteiger partial charge is 0.224 e. The molecular formula is C13H14ClN3O. The van der Waals surface area contributed by atoms with Gasteiger partial charge >= 0.3 is 0 Å². The molecule has 1 unspecified atom stereocenters. The molecule has 0 aliphatic carbocycles. The maximum absolute atomic E-state index is 5.99. The lowest BCUT2D eigenvalue weighted by Crippen LogP contribution is -2.23. The van der Waals surface area contributed by atoms with Crippen molar-refractivity contribution in [1.29, 1.82) is 0 Å². The van der Waals surface area contributed by atoms with Gasteiger partial charge < -0.3 is 9.64 Å². The molecule has 0 N–H and O–H groups in total. The maximum Gasteiger partial charge on any atom is 0.224 e. The minimum atomic E-state index is 0.275. The molecule has 5 heteroatoms. The van der Waals surface area contributed by atoms with E-state index in [4.69, 9.17) is 16.3 Å². The van der Waals surface area contributed by atoms with Gasteiger partial charge in [0.25, 0.3) is 0 Å². The van der Waals surface area contributed by atoms with Gasteiger partial charge in [0.05, 0.1) is 11.6 Å². The molecular weight excluding hydrogens is 250 g/mol. The summed E-state index contributed by atoms with van der Waals surface area (Å²) in [5.41, 5.74) is 0.883. The van der Waals surface area contributed by atoms with Gasteiger partial charge in [0, 0.05) is 25.6 Å². The molecule has 0 spiro atoms. The lowest BCUT2D eigenvalue weighted by atomic mass is 10.2. The summed E-state index contributed by atoms with van der Waals surface area (Å²) in [5, 5.41) is 1.34. The van der Waals surface area contributed by atoms with Crippen molar-refractivity contribution >= 4 is 28.3 Å². The molecule has 1 aliphatic heterocycles. The fourth-order valence-corrected chi connectivity index (χ4v) is 2.56. The van der Waals surface area contributed by atoms with E-state index in [1.807, 2.05) is 24.3 Å². The molecule has 1 aromatic heterocycles. The lowest BCUT2D eigenvalue weighted by molar-refractivity contribution is 0.121. The second-order valence-electron chi connectivity index (χ2n) is 4.43. The highest BCUT2D eigenvalue weighted by Crippen LogP contribution is 2.28. The number of fused-ring (bicyclic) bond motifs is 1. The fourth-order valence-electron chi connectivity index (χ4n) is 2.39. The van der Waals surface area contributed by atoms with Crippen LogP contribution in [0.2, 0.25) is 5.28 Å². The Bertz CT molecular complexity index is 575. The average molecular weight is 264 g/mol. The second-order valence-corrected chi connectivity index (χ2v) is 4.76. The first-order valence-electron chi connectivity index (χ1n) is 5.98. The van der Waals surface area contributed by atoms with E-state index in [-0.39, 0.29) is 6.10 Å². The number of ether oxygens (including phenoxy) is 1. The monoisotopic (exact) mass is 263 g/mol. The van der Waals surface area contributed by atoms with Crippen molar-refractivity contribution in [1.82, 2.24) is 9.97 Å². The van der Waals surface area contributed by atoms with Gasteiger partial charge in [0.2, 0.25) is 5.28 Å². The number of hydrogen-bond donors (Lipinski definition) is 0. The van der Waals surface area contributed by atoms with Crippen LogP contribution in [0.1, 0.15) is 6.42 Å². The summed E-state index contributed by atoms with van der Waals surface area (Å²) >= 11 is 5.99. The summed E-state index contributed by atoms with van der Waals surface area (Å²) in [6.45, 7) is 1.80. The van der Waals surface area contributed by atoms with Crippen LogP contribution in [-0.4, -0.2) is 36.3 Å². The third kappa shape index (κ3) is 2.02. The van der Waals surface area contributed by atoms with Crippen LogP contribution < -0.4 is 4.90 Å². The van der Waals surface area contributed by atoms with Gasteiger partial charge in [-0.25, -0.2) is 4.98 Å². The molecule has 1 aliphatic rings. The van der Waals surface area contributed by atoms with Gasteiger partial charge in [-0.3, -0.25) is 0 Å². The Morgan fingerprint density at radius 1 is 1.33 bits per heavy atom. The predicted molar refractivity (Wildman–Crippen MR) is 72.2 cm³/mol. The number of halogens is 1. The number of rotatable bonds is 2. The van der Waals surface area contributed by atoms with Gasteiger partial charge in [-0.15, -0.1) is 0 Å². The van der Waals surface area contributed by atoms with Crippen LogP contribution in [0.3, 0.4) is 0 Å². The Morgan fingerprint density at radius 3 is 2.94 bits per heavy atom. The molecule has 0 saturated carbocycles. The average Bonchev–Trinajstić information content (AvgIpc) is 2.86. The van der Waals surface area contributed by atoms with Crippen molar-refractivity contribution in [2.24, 2.45) is 0 Å². The standard InChI is InChI=1S/C13H14ClN3O/c1-18-9-6-7-17(8-9)12-10-4-2-3-5-11(10)15-13(14)16-12/h2-5,9H,6-8H2,1H3. The first-order chi connectivity index (χ1) is 8.78. The van der Waals surface area contributed by atoms with E-state index in [1.165, 1.54) is 0 Å². The van der Waals surface area contributed by atoms with Crippen LogP contribution >= 0.6 is 11.6 Å². The summed E-state index contributed by atoms with van der Waals surface area (Å²) in [6, 6.07) is 7.93. The summed E-state index contributed by atoms with van der Waals surface area (Å²) in [5.74, 6) is 0.908. The summed E-state index contributed by atoms with van der Waals surface area (Å²) < 4.78 is 5.39. The van der Waals surface area contributed by atoms with Crippen molar-refractivity contribution in [2.75, 3.05) is 25.1 Å². The zero-order valence-corrected chi connectivity index (χ0v) is 10.9. The quantitative estimate of drug-likeness (QED) is 0.781. The minimum Gasteiger partial charge on any atom is -0.380 e. The molecule has 18 heavy (non-hydrogen) atoms. The highest BCUT2D eigenvalue weighted by molar-refractivity contribution is 6.28. The number of benzene rings is 1. The van der Waals surface area contributed by atoms with E-state index in [2.05, 4.69) is 14.9 Å². The third-order valence-corrected chi connectivity index (χ3v) is 3.50.